The van der Waals surface area contributed by atoms with Crippen molar-refractivity contribution in [3.63, 3.8) is 0 Å². The van der Waals surface area contributed by atoms with E-state index in [-0.39, 0.29) is 5.78 Å². The molecule has 0 fully saturated rings. The van der Waals surface area contributed by atoms with Crippen molar-refractivity contribution in [2.75, 3.05) is 5.75 Å². The second-order valence-electron chi connectivity index (χ2n) is 4.74. The second-order valence-corrected chi connectivity index (χ2v) is 7.11. The van der Waals surface area contributed by atoms with Gasteiger partial charge in [0.05, 0.1) is 17.9 Å². The lowest BCUT2D eigenvalue weighted by atomic mass is 10.2. The van der Waals surface area contributed by atoms with Crippen LogP contribution in [0.4, 0.5) is 0 Å². The molecule has 0 radical (unpaired) electrons. The van der Waals surface area contributed by atoms with Crippen molar-refractivity contribution >= 4 is 28.9 Å². The van der Waals surface area contributed by atoms with Crippen molar-refractivity contribution in [3.8, 4) is 11.3 Å². The minimum absolute atomic E-state index is 0.268. The van der Waals surface area contributed by atoms with Gasteiger partial charge in [-0.2, -0.15) is 11.8 Å². The summed E-state index contributed by atoms with van der Waals surface area (Å²) in [5.74, 6) is 0.860. The predicted octanol–water partition coefficient (Wildman–Crippen LogP) is 4.45. The van der Waals surface area contributed by atoms with Crippen LogP contribution in [-0.4, -0.2) is 21.8 Å². The van der Waals surface area contributed by atoms with Gasteiger partial charge in [0.1, 0.15) is 10.8 Å². The SMILES string of the molecule is CCC(C)SCC(=O)Cc1nc(-c2ccccc2)cs1. The van der Waals surface area contributed by atoms with Crippen LogP contribution in [0.25, 0.3) is 11.3 Å². The third-order valence-corrected chi connectivity index (χ3v) is 5.31. The number of Topliss-reactive ketones (excluding diaryl/α,β-unsaturated/α-hetero) is 1. The van der Waals surface area contributed by atoms with Crippen LogP contribution < -0.4 is 0 Å². The Balaban J connectivity index is 1.91. The highest BCUT2D eigenvalue weighted by Gasteiger charge is 2.10. The molecule has 0 aliphatic carbocycles. The zero-order valence-electron chi connectivity index (χ0n) is 11.8. The van der Waals surface area contributed by atoms with Gasteiger partial charge in [0, 0.05) is 16.2 Å². The van der Waals surface area contributed by atoms with Crippen molar-refractivity contribution in [1.29, 1.82) is 0 Å². The summed E-state index contributed by atoms with van der Waals surface area (Å²) in [5.41, 5.74) is 2.07. The van der Waals surface area contributed by atoms with E-state index in [1.165, 1.54) is 0 Å². The standard InChI is InChI=1S/C16H19NOS2/c1-3-12(2)19-10-14(18)9-16-17-15(11-20-16)13-7-5-4-6-8-13/h4-8,11-12H,3,9-10H2,1-2H3. The van der Waals surface area contributed by atoms with E-state index in [4.69, 9.17) is 0 Å². The lowest BCUT2D eigenvalue weighted by molar-refractivity contribution is -0.116. The predicted molar refractivity (Wildman–Crippen MR) is 88.5 cm³/mol. The molecule has 0 aliphatic heterocycles. The van der Waals surface area contributed by atoms with E-state index in [0.717, 1.165) is 22.7 Å². The van der Waals surface area contributed by atoms with Crippen molar-refractivity contribution in [1.82, 2.24) is 4.98 Å². The van der Waals surface area contributed by atoms with Gasteiger partial charge in [-0.25, -0.2) is 4.98 Å². The van der Waals surface area contributed by atoms with Crippen LogP contribution in [0.1, 0.15) is 25.3 Å². The summed E-state index contributed by atoms with van der Waals surface area (Å²) in [6.45, 7) is 4.31. The molecule has 0 aliphatic rings. The number of thiazole rings is 1. The minimum atomic E-state index is 0.268. The Hall–Kier alpha value is -1.13. The first-order valence-corrected chi connectivity index (χ1v) is 8.75. The third-order valence-electron chi connectivity index (χ3n) is 3.07. The molecular weight excluding hydrogens is 286 g/mol. The normalized spacial score (nSPS) is 12.3. The quantitative estimate of drug-likeness (QED) is 0.757. The molecule has 4 heteroatoms. The highest BCUT2D eigenvalue weighted by molar-refractivity contribution is 8.00. The van der Waals surface area contributed by atoms with Gasteiger partial charge >= 0.3 is 0 Å². The number of thioether (sulfide) groups is 1. The maximum absolute atomic E-state index is 11.9. The molecule has 0 bridgehead atoms. The molecule has 0 saturated carbocycles. The van der Waals surface area contributed by atoms with Crippen molar-refractivity contribution in [3.05, 3.63) is 40.7 Å². The minimum Gasteiger partial charge on any atom is -0.298 e. The third kappa shape index (κ3) is 4.46. The lowest BCUT2D eigenvalue weighted by Crippen LogP contribution is -2.08. The molecule has 1 unspecified atom stereocenters. The Morgan fingerprint density at radius 2 is 2.10 bits per heavy atom. The van der Waals surface area contributed by atoms with Gasteiger partial charge in [-0.1, -0.05) is 44.2 Å². The first kappa shape index (κ1) is 15.3. The molecule has 0 spiro atoms. The zero-order chi connectivity index (χ0) is 14.4. The maximum Gasteiger partial charge on any atom is 0.149 e. The van der Waals surface area contributed by atoms with Crippen molar-refractivity contribution in [2.24, 2.45) is 0 Å². The summed E-state index contributed by atoms with van der Waals surface area (Å²) in [6.07, 6.45) is 1.56. The Labute approximate surface area is 128 Å². The van der Waals surface area contributed by atoms with Gasteiger partial charge in [0.2, 0.25) is 0 Å². The Bertz CT molecular complexity index is 551. The van der Waals surface area contributed by atoms with Gasteiger partial charge < -0.3 is 0 Å². The van der Waals surface area contributed by atoms with Gasteiger partial charge in [-0.3, -0.25) is 4.79 Å². The van der Waals surface area contributed by atoms with E-state index in [0.29, 0.717) is 17.4 Å². The molecule has 0 saturated heterocycles. The molecular formula is C16H19NOS2. The van der Waals surface area contributed by atoms with Crippen molar-refractivity contribution < 1.29 is 4.79 Å². The summed E-state index contributed by atoms with van der Waals surface area (Å²) in [5, 5.41) is 3.49. The zero-order valence-corrected chi connectivity index (χ0v) is 13.5. The van der Waals surface area contributed by atoms with Gasteiger partial charge in [-0.15, -0.1) is 11.3 Å². The molecule has 2 rings (SSSR count). The van der Waals surface area contributed by atoms with Crippen LogP contribution in [0.15, 0.2) is 35.7 Å². The number of carbonyl (C=O) groups excluding carboxylic acids is 1. The summed E-state index contributed by atoms with van der Waals surface area (Å²) in [7, 11) is 0. The number of carbonyl (C=O) groups is 1. The van der Waals surface area contributed by atoms with E-state index in [1.54, 1.807) is 23.1 Å². The fourth-order valence-electron chi connectivity index (χ4n) is 1.71. The van der Waals surface area contributed by atoms with E-state index in [2.05, 4.69) is 18.8 Å². The number of hydrogen-bond donors (Lipinski definition) is 0. The first-order valence-electron chi connectivity index (χ1n) is 6.82. The number of nitrogens with zero attached hydrogens (tertiary/aromatic N) is 1. The van der Waals surface area contributed by atoms with Crippen LogP contribution in [0.5, 0.6) is 0 Å². The van der Waals surface area contributed by atoms with E-state index in [9.17, 15) is 4.79 Å². The number of ketones is 1. The number of hydrogen-bond acceptors (Lipinski definition) is 4. The fraction of sp³-hybridized carbons (Fsp3) is 0.375. The highest BCUT2D eigenvalue weighted by atomic mass is 32.2. The summed E-state index contributed by atoms with van der Waals surface area (Å²) < 4.78 is 0. The van der Waals surface area contributed by atoms with Gasteiger partial charge in [0.25, 0.3) is 0 Å². The molecule has 0 N–H and O–H groups in total. The Kier molecular flexibility index (Phi) is 5.80. The Morgan fingerprint density at radius 1 is 1.35 bits per heavy atom. The highest BCUT2D eigenvalue weighted by Crippen LogP contribution is 2.22. The molecule has 1 aromatic heterocycles. The number of aromatic nitrogens is 1. The first-order chi connectivity index (χ1) is 9.69. The number of rotatable bonds is 7. The Morgan fingerprint density at radius 3 is 2.80 bits per heavy atom. The molecule has 2 aromatic rings. The topological polar surface area (TPSA) is 30.0 Å². The number of benzene rings is 1. The van der Waals surface area contributed by atoms with E-state index < -0.39 is 0 Å². The summed E-state index contributed by atoms with van der Waals surface area (Å²) in [4.78, 5) is 16.5. The van der Waals surface area contributed by atoms with E-state index >= 15 is 0 Å². The largest absolute Gasteiger partial charge is 0.298 e. The maximum atomic E-state index is 11.9. The van der Waals surface area contributed by atoms with Crippen molar-refractivity contribution in [2.45, 2.75) is 31.9 Å². The molecule has 20 heavy (non-hydrogen) atoms. The molecule has 1 atom stereocenters. The average Bonchev–Trinajstić information content (AvgIpc) is 2.94. The molecule has 0 amide bonds. The molecule has 106 valence electrons. The summed E-state index contributed by atoms with van der Waals surface area (Å²) in [6, 6.07) is 10.1. The average molecular weight is 305 g/mol. The summed E-state index contributed by atoms with van der Waals surface area (Å²) >= 11 is 3.31. The lowest BCUT2D eigenvalue weighted by Gasteiger charge is -2.06. The van der Waals surface area contributed by atoms with Gasteiger partial charge in [0.15, 0.2) is 0 Å². The van der Waals surface area contributed by atoms with E-state index in [1.807, 2.05) is 35.7 Å². The molecule has 1 aromatic carbocycles. The van der Waals surface area contributed by atoms with Crippen LogP contribution in [-0.2, 0) is 11.2 Å². The van der Waals surface area contributed by atoms with Gasteiger partial charge in [-0.05, 0) is 6.42 Å². The van der Waals surface area contributed by atoms with Crippen LogP contribution in [0.2, 0.25) is 0 Å². The molecule has 2 nitrogen and oxygen atoms in total. The fourth-order valence-corrected chi connectivity index (χ4v) is 3.35. The van der Waals surface area contributed by atoms with Crippen LogP contribution in [0.3, 0.4) is 0 Å². The van der Waals surface area contributed by atoms with Crippen LogP contribution >= 0.6 is 23.1 Å². The van der Waals surface area contributed by atoms with Crippen LogP contribution in [0, 0.1) is 0 Å². The molecule has 1 heterocycles. The second kappa shape index (κ2) is 7.60. The smallest absolute Gasteiger partial charge is 0.149 e. The monoisotopic (exact) mass is 305 g/mol.